The van der Waals surface area contributed by atoms with Crippen molar-refractivity contribution in [2.24, 2.45) is 0 Å². The van der Waals surface area contributed by atoms with E-state index in [1.165, 1.54) is 16.7 Å². The maximum atomic E-state index is 12.2. The van der Waals surface area contributed by atoms with E-state index in [1.54, 1.807) is 31.3 Å². The Hall–Kier alpha value is -1.46. The van der Waals surface area contributed by atoms with Crippen molar-refractivity contribution in [3.05, 3.63) is 40.4 Å². The molecule has 1 atom stereocenters. The minimum absolute atomic E-state index is 0.0667. The molecule has 1 aromatic rings. The van der Waals surface area contributed by atoms with Crippen LogP contribution in [0.1, 0.15) is 12.5 Å². The van der Waals surface area contributed by atoms with E-state index in [9.17, 15) is 9.59 Å². The molecule has 1 aliphatic rings. The SMILES string of the molecule is Cc1c(Cl)cccc1NC(=O)C(C)N1C=CSCC1=O. The minimum Gasteiger partial charge on any atom is -0.324 e. The molecule has 1 heterocycles. The van der Waals surface area contributed by atoms with Crippen molar-refractivity contribution >= 4 is 40.9 Å². The van der Waals surface area contributed by atoms with Crippen LogP contribution in [0.3, 0.4) is 0 Å². The van der Waals surface area contributed by atoms with E-state index >= 15 is 0 Å². The summed E-state index contributed by atoms with van der Waals surface area (Å²) in [6.07, 6.45) is 1.64. The van der Waals surface area contributed by atoms with Crippen LogP contribution in [0.5, 0.6) is 0 Å². The lowest BCUT2D eigenvalue weighted by atomic mass is 10.2. The Labute approximate surface area is 127 Å². The zero-order chi connectivity index (χ0) is 14.7. The van der Waals surface area contributed by atoms with Gasteiger partial charge in [0.2, 0.25) is 11.8 Å². The highest BCUT2D eigenvalue weighted by atomic mass is 35.5. The van der Waals surface area contributed by atoms with E-state index in [1.807, 2.05) is 12.3 Å². The molecule has 6 heteroatoms. The van der Waals surface area contributed by atoms with Crippen molar-refractivity contribution in [1.29, 1.82) is 0 Å². The van der Waals surface area contributed by atoms with Crippen LogP contribution in [-0.4, -0.2) is 28.5 Å². The highest BCUT2D eigenvalue weighted by Gasteiger charge is 2.26. The van der Waals surface area contributed by atoms with Crippen molar-refractivity contribution < 1.29 is 9.59 Å². The van der Waals surface area contributed by atoms with E-state index in [-0.39, 0.29) is 11.8 Å². The Kier molecular flexibility index (Phi) is 4.73. The first-order valence-corrected chi connectivity index (χ1v) is 7.59. The smallest absolute Gasteiger partial charge is 0.247 e. The van der Waals surface area contributed by atoms with Gasteiger partial charge in [0, 0.05) is 16.9 Å². The Morgan fingerprint density at radius 2 is 2.25 bits per heavy atom. The average Bonchev–Trinajstić information content (AvgIpc) is 2.43. The summed E-state index contributed by atoms with van der Waals surface area (Å²) in [4.78, 5) is 25.4. The number of halogens is 1. The van der Waals surface area contributed by atoms with Gasteiger partial charge in [-0.25, -0.2) is 0 Å². The van der Waals surface area contributed by atoms with Gasteiger partial charge in [-0.2, -0.15) is 0 Å². The number of hydrogen-bond acceptors (Lipinski definition) is 3. The van der Waals surface area contributed by atoms with Crippen molar-refractivity contribution in [3.63, 3.8) is 0 Å². The molecule has 0 aliphatic carbocycles. The minimum atomic E-state index is -0.557. The number of benzene rings is 1. The van der Waals surface area contributed by atoms with Crippen LogP contribution < -0.4 is 5.32 Å². The molecule has 0 saturated heterocycles. The van der Waals surface area contributed by atoms with Crippen LogP contribution in [0.4, 0.5) is 5.69 Å². The molecule has 4 nitrogen and oxygen atoms in total. The maximum Gasteiger partial charge on any atom is 0.247 e. The highest BCUT2D eigenvalue weighted by molar-refractivity contribution is 8.02. The first kappa shape index (κ1) is 14.9. The Morgan fingerprint density at radius 3 is 2.95 bits per heavy atom. The van der Waals surface area contributed by atoms with Gasteiger partial charge in [0.25, 0.3) is 0 Å². The zero-order valence-electron chi connectivity index (χ0n) is 11.2. The second kappa shape index (κ2) is 6.33. The molecule has 1 N–H and O–H groups in total. The summed E-state index contributed by atoms with van der Waals surface area (Å²) in [5.41, 5.74) is 1.47. The van der Waals surface area contributed by atoms with E-state index in [2.05, 4.69) is 5.32 Å². The predicted molar refractivity (Wildman–Crippen MR) is 82.7 cm³/mol. The fourth-order valence-corrected chi connectivity index (χ4v) is 2.62. The van der Waals surface area contributed by atoms with Crippen LogP contribution in [0.25, 0.3) is 0 Å². The molecule has 20 heavy (non-hydrogen) atoms. The van der Waals surface area contributed by atoms with Gasteiger partial charge < -0.3 is 10.2 Å². The van der Waals surface area contributed by atoms with Crippen LogP contribution in [0, 0.1) is 6.92 Å². The summed E-state index contributed by atoms with van der Waals surface area (Å²) in [5, 5.41) is 5.22. The van der Waals surface area contributed by atoms with Gasteiger partial charge in [0.05, 0.1) is 5.75 Å². The van der Waals surface area contributed by atoms with E-state index < -0.39 is 6.04 Å². The molecule has 1 aromatic carbocycles. The van der Waals surface area contributed by atoms with E-state index in [0.29, 0.717) is 16.5 Å². The van der Waals surface area contributed by atoms with Crippen LogP contribution in [-0.2, 0) is 9.59 Å². The number of thioether (sulfide) groups is 1. The first-order chi connectivity index (χ1) is 9.50. The summed E-state index contributed by atoms with van der Waals surface area (Å²) >= 11 is 7.44. The first-order valence-electron chi connectivity index (χ1n) is 6.16. The number of hydrogen-bond donors (Lipinski definition) is 1. The quantitative estimate of drug-likeness (QED) is 0.933. The highest BCUT2D eigenvalue weighted by Crippen LogP contribution is 2.23. The largest absolute Gasteiger partial charge is 0.324 e. The topological polar surface area (TPSA) is 49.4 Å². The molecule has 2 amide bonds. The van der Waals surface area contributed by atoms with Crippen LogP contribution in [0.2, 0.25) is 5.02 Å². The molecule has 1 aliphatic heterocycles. The zero-order valence-corrected chi connectivity index (χ0v) is 12.8. The lowest BCUT2D eigenvalue weighted by Crippen LogP contribution is -2.44. The van der Waals surface area contributed by atoms with Gasteiger partial charge in [-0.15, -0.1) is 11.8 Å². The summed E-state index contributed by atoms with van der Waals surface area (Å²) < 4.78 is 0. The molecular formula is C14H15ClN2O2S. The van der Waals surface area contributed by atoms with Crippen LogP contribution in [0.15, 0.2) is 29.8 Å². The summed E-state index contributed by atoms with van der Waals surface area (Å²) in [6.45, 7) is 3.54. The number of nitrogens with one attached hydrogen (secondary N) is 1. The molecular weight excluding hydrogens is 296 g/mol. The summed E-state index contributed by atoms with van der Waals surface area (Å²) in [7, 11) is 0. The van der Waals surface area contributed by atoms with Gasteiger partial charge in [-0.3, -0.25) is 9.59 Å². The third-order valence-corrected chi connectivity index (χ3v) is 4.27. The molecule has 0 aromatic heterocycles. The lowest BCUT2D eigenvalue weighted by Gasteiger charge is -2.27. The molecule has 0 bridgehead atoms. The normalized spacial score (nSPS) is 16.1. The van der Waals surface area contributed by atoms with Crippen molar-refractivity contribution in [2.45, 2.75) is 19.9 Å². The van der Waals surface area contributed by atoms with Gasteiger partial charge in [0.1, 0.15) is 6.04 Å². The van der Waals surface area contributed by atoms with Gasteiger partial charge in [-0.1, -0.05) is 17.7 Å². The third-order valence-electron chi connectivity index (χ3n) is 3.13. The Balaban J connectivity index is 2.11. The van der Waals surface area contributed by atoms with E-state index in [4.69, 9.17) is 11.6 Å². The van der Waals surface area contributed by atoms with E-state index in [0.717, 1.165) is 5.56 Å². The van der Waals surface area contributed by atoms with Gasteiger partial charge >= 0.3 is 0 Å². The number of nitrogens with zero attached hydrogens (tertiary/aromatic N) is 1. The standard InChI is InChI=1S/C14H15ClN2O2S/c1-9-11(15)4-3-5-12(9)16-14(19)10(2)17-6-7-20-8-13(17)18/h3-7,10H,8H2,1-2H3,(H,16,19). The Morgan fingerprint density at radius 1 is 1.50 bits per heavy atom. The predicted octanol–water partition coefficient (Wildman–Crippen LogP) is 3.02. The van der Waals surface area contributed by atoms with Crippen molar-refractivity contribution in [3.8, 4) is 0 Å². The molecule has 0 fully saturated rings. The average molecular weight is 311 g/mol. The molecule has 1 unspecified atom stereocenters. The Bertz CT molecular complexity index is 574. The number of carbonyl (C=O) groups excluding carboxylic acids is 2. The fourth-order valence-electron chi connectivity index (χ4n) is 1.84. The van der Waals surface area contributed by atoms with Crippen molar-refractivity contribution in [1.82, 2.24) is 4.90 Å². The monoisotopic (exact) mass is 310 g/mol. The second-order valence-electron chi connectivity index (χ2n) is 4.47. The molecule has 0 spiro atoms. The molecule has 2 rings (SSSR count). The van der Waals surface area contributed by atoms with Gasteiger partial charge in [-0.05, 0) is 37.0 Å². The van der Waals surface area contributed by atoms with Gasteiger partial charge in [0.15, 0.2) is 0 Å². The number of carbonyl (C=O) groups is 2. The van der Waals surface area contributed by atoms with Crippen molar-refractivity contribution in [2.75, 3.05) is 11.1 Å². The molecule has 106 valence electrons. The number of rotatable bonds is 3. The summed E-state index contributed by atoms with van der Waals surface area (Å²) in [6, 6.07) is 4.77. The fraction of sp³-hybridized carbons (Fsp3) is 0.286. The lowest BCUT2D eigenvalue weighted by molar-refractivity contribution is -0.133. The summed E-state index contributed by atoms with van der Waals surface area (Å²) in [5.74, 6) is 0.0628. The second-order valence-corrected chi connectivity index (χ2v) is 5.78. The third kappa shape index (κ3) is 3.16. The molecule has 0 saturated carbocycles. The van der Waals surface area contributed by atoms with Crippen LogP contribution >= 0.6 is 23.4 Å². The number of amides is 2. The molecule has 0 radical (unpaired) electrons. The number of anilines is 1. The maximum absolute atomic E-state index is 12.2.